The molecular formula is C11H22O4Si. The summed E-state index contributed by atoms with van der Waals surface area (Å²) >= 11 is 0. The van der Waals surface area contributed by atoms with Crippen LogP contribution in [-0.2, 0) is 9.47 Å². The molecule has 2 N–H and O–H groups in total. The van der Waals surface area contributed by atoms with Crippen molar-refractivity contribution >= 4 is 8.07 Å². The second kappa shape index (κ2) is 5.42. The third kappa shape index (κ3) is 3.99. The molecule has 1 rings (SSSR count). The van der Waals surface area contributed by atoms with E-state index in [-0.39, 0.29) is 18.8 Å². The summed E-state index contributed by atoms with van der Waals surface area (Å²) in [6.45, 7) is 6.52. The van der Waals surface area contributed by atoms with Crippen LogP contribution in [0.5, 0.6) is 0 Å². The molecule has 0 aromatic carbocycles. The van der Waals surface area contributed by atoms with E-state index in [9.17, 15) is 5.11 Å². The summed E-state index contributed by atoms with van der Waals surface area (Å²) in [6, 6.07) is 0. The predicted octanol–water partition coefficient (Wildman–Crippen LogP) is 0.556. The summed E-state index contributed by atoms with van der Waals surface area (Å²) in [4.78, 5) is 0. The van der Waals surface area contributed by atoms with Crippen LogP contribution in [0.3, 0.4) is 0 Å². The highest BCUT2D eigenvalue weighted by Crippen LogP contribution is 2.29. The molecule has 1 aliphatic rings. The minimum Gasteiger partial charge on any atom is -0.394 e. The molecule has 0 saturated carbocycles. The number of aliphatic hydroxyl groups is 2. The van der Waals surface area contributed by atoms with Gasteiger partial charge in [0, 0.05) is 7.11 Å². The molecule has 94 valence electrons. The van der Waals surface area contributed by atoms with Crippen LogP contribution < -0.4 is 0 Å². The Morgan fingerprint density at radius 2 is 2.06 bits per heavy atom. The van der Waals surface area contributed by atoms with E-state index in [1.807, 2.05) is 6.08 Å². The van der Waals surface area contributed by atoms with Crippen molar-refractivity contribution in [2.45, 2.75) is 44.1 Å². The van der Waals surface area contributed by atoms with Crippen molar-refractivity contribution in [3.05, 3.63) is 11.8 Å². The molecule has 1 fully saturated rings. The van der Waals surface area contributed by atoms with E-state index in [2.05, 4.69) is 25.3 Å². The lowest BCUT2D eigenvalue weighted by atomic mass is 10.1. The fraction of sp³-hybridized carbons (Fsp3) is 0.818. The van der Waals surface area contributed by atoms with E-state index >= 15 is 0 Å². The molecule has 1 heterocycles. The topological polar surface area (TPSA) is 62.2 Å². The van der Waals surface area contributed by atoms with Crippen LogP contribution in [-0.4, -0.2) is 56.4 Å². The standard InChI is InChI=1S/C11H22O4Si/c1-14-9(7-12)10(13)11-8(15-11)5-6-16(2,3)4/h5-6,8-13H,7H2,1-4H3/b6-5+/t8-,9+,10+,11+/m1/s1. The predicted molar refractivity (Wildman–Crippen MR) is 65.0 cm³/mol. The molecule has 0 aliphatic carbocycles. The van der Waals surface area contributed by atoms with E-state index in [0.29, 0.717) is 0 Å². The highest BCUT2D eigenvalue weighted by molar-refractivity contribution is 6.80. The van der Waals surface area contributed by atoms with Crippen LogP contribution >= 0.6 is 0 Å². The van der Waals surface area contributed by atoms with Gasteiger partial charge in [-0.1, -0.05) is 31.4 Å². The van der Waals surface area contributed by atoms with E-state index in [1.165, 1.54) is 7.11 Å². The smallest absolute Gasteiger partial charge is 0.117 e. The van der Waals surface area contributed by atoms with Gasteiger partial charge in [-0.3, -0.25) is 0 Å². The zero-order valence-corrected chi connectivity index (χ0v) is 11.4. The fourth-order valence-electron chi connectivity index (χ4n) is 1.48. The first-order valence-corrected chi connectivity index (χ1v) is 9.13. The maximum atomic E-state index is 9.82. The van der Waals surface area contributed by atoms with Gasteiger partial charge in [0.15, 0.2) is 0 Å². The average molecular weight is 246 g/mol. The summed E-state index contributed by atoms with van der Waals surface area (Å²) in [5.74, 6) is 0. The Morgan fingerprint density at radius 3 is 2.50 bits per heavy atom. The molecule has 0 radical (unpaired) electrons. The van der Waals surface area contributed by atoms with Gasteiger partial charge in [-0.2, -0.15) is 0 Å². The summed E-state index contributed by atoms with van der Waals surface area (Å²) in [6.07, 6.45) is 0.446. The van der Waals surface area contributed by atoms with Crippen LogP contribution in [0.25, 0.3) is 0 Å². The number of hydrogen-bond acceptors (Lipinski definition) is 4. The molecule has 16 heavy (non-hydrogen) atoms. The van der Waals surface area contributed by atoms with Gasteiger partial charge in [-0.15, -0.1) is 0 Å². The van der Waals surface area contributed by atoms with Crippen molar-refractivity contribution in [1.29, 1.82) is 0 Å². The summed E-state index contributed by atoms with van der Waals surface area (Å²) in [5, 5.41) is 18.8. The van der Waals surface area contributed by atoms with Crippen molar-refractivity contribution < 1.29 is 19.7 Å². The monoisotopic (exact) mass is 246 g/mol. The van der Waals surface area contributed by atoms with Crippen molar-refractivity contribution in [3.63, 3.8) is 0 Å². The number of epoxide rings is 1. The van der Waals surface area contributed by atoms with E-state index in [4.69, 9.17) is 14.6 Å². The maximum Gasteiger partial charge on any atom is 0.117 e. The quantitative estimate of drug-likeness (QED) is 0.531. The minimum atomic E-state index is -1.21. The lowest BCUT2D eigenvalue weighted by Crippen LogP contribution is -2.36. The zero-order chi connectivity index (χ0) is 12.3. The Labute approximate surface area is 97.9 Å². The molecule has 0 amide bonds. The molecule has 4 nitrogen and oxygen atoms in total. The van der Waals surface area contributed by atoms with Gasteiger partial charge < -0.3 is 19.7 Å². The largest absolute Gasteiger partial charge is 0.394 e. The van der Waals surface area contributed by atoms with Crippen LogP contribution in [0, 0.1) is 0 Å². The van der Waals surface area contributed by atoms with Crippen LogP contribution in [0.4, 0.5) is 0 Å². The average Bonchev–Trinajstić information content (AvgIpc) is 2.94. The number of methoxy groups -OCH3 is 1. The molecule has 4 atom stereocenters. The lowest BCUT2D eigenvalue weighted by Gasteiger charge is -2.17. The highest BCUT2D eigenvalue weighted by Gasteiger charge is 2.45. The van der Waals surface area contributed by atoms with Crippen LogP contribution in [0.15, 0.2) is 11.8 Å². The van der Waals surface area contributed by atoms with E-state index in [0.717, 1.165) is 0 Å². The SMILES string of the molecule is CO[C@@H](CO)[C@H](O)[C@H]1O[C@@H]1/C=C/[Si](C)(C)C. The Bertz CT molecular complexity index is 245. The Kier molecular flexibility index (Phi) is 4.69. The second-order valence-corrected chi connectivity index (χ2v) is 10.3. The first kappa shape index (κ1) is 13.9. The van der Waals surface area contributed by atoms with Gasteiger partial charge in [0.1, 0.15) is 24.4 Å². The van der Waals surface area contributed by atoms with Gasteiger partial charge in [-0.05, 0) is 0 Å². The molecule has 0 spiro atoms. The lowest BCUT2D eigenvalue weighted by molar-refractivity contribution is -0.0508. The molecule has 0 bridgehead atoms. The summed E-state index contributed by atoms with van der Waals surface area (Å²) < 4.78 is 10.3. The Balaban J connectivity index is 2.41. The maximum absolute atomic E-state index is 9.82. The van der Waals surface area contributed by atoms with Crippen molar-refractivity contribution in [1.82, 2.24) is 0 Å². The number of hydrogen-bond donors (Lipinski definition) is 2. The van der Waals surface area contributed by atoms with E-state index < -0.39 is 20.3 Å². The molecule has 0 aromatic rings. The highest BCUT2D eigenvalue weighted by atomic mass is 28.3. The van der Waals surface area contributed by atoms with Gasteiger partial charge in [0.05, 0.1) is 14.7 Å². The second-order valence-electron chi connectivity index (χ2n) is 5.24. The first-order chi connectivity index (χ1) is 7.39. The first-order valence-electron chi connectivity index (χ1n) is 5.55. The van der Waals surface area contributed by atoms with E-state index in [1.54, 1.807) is 0 Å². The van der Waals surface area contributed by atoms with Crippen molar-refractivity contribution in [3.8, 4) is 0 Å². The molecule has 0 aromatic heterocycles. The molecular weight excluding hydrogens is 224 g/mol. The molecule has 1 saturated heterocycles. The van der Waals surface area contributed by atoms with Crippen LogP contribution in [0.2, 0.25) is 19.6 Å². The zero-order valence-electron chi connectivity index (χ0n) is 10.4. The van der Waals surface area contributed by atoms with Crippen molar-refractivity contribution in [2.24, 2.45) is 0 Å². The van der Waals surface area contributed by atoms with Crippen LogP contribution in [0.1, 0.15) is 0 Å². The molecule has 5 heteroatoms. The van der Waals surface area contributed by atoms with Gasteiger partial charge in [0.25, 0.3) is 0 Å². The normalized spacial score (nSPS) is 29.4. The third-order valence-corrected chi connectivity index (χ3v) is 3.74. The minimum absolute atomic E-state index is 0.0223. The van der Waals surface area contributed by atoms with Gasteiger partial charge in [0.2, 0.25) is 0 Å². The molecule has 1 aliphatic heterocycles. The van der Waals surface area contributed by atoms with Gasteiger partial charge in [-0.25, -0.2) is 0 Å². The number of aliphatic hydroxyl groups excluding tert-OH is 2. The Morgan fingerprint density at radius 1 is 1.44 bits per heavy atom. The van der Waals surface area contributed by atoms with Gasteiger partial charge >= 0.3 is 0 Å². The summed E-state index contributed by atoms with van der Waals surface area (Å²) in [7, 11) is 0.261. The number of ether oxygens (including phenoxy) is 2. The number of rotatable bonds is 6. The molecule has 0 unspecified atom stereocenters. The summed E-state index contributed by atoms with van der Waals surface area (Å²) in [5.41, 5.74) is 2.20. The van der Waals surface area contributed by atoms with Crippen molar-refractivity contribution in [2.75, 3.05) is 13.7 Å². The third-order valence-electron chi connectivity index (χ3n) is 2.55. The fourth-order valence-corrected chi connectivity index (χ4v) is 2.25. The Hall–Kier alpha value is -0.203.